The van der Waals surface area contributed by atoms with Gasteiger partial charge in [0.2, 0.25) is 5.91 Å². The van der Waals surface area contributed by atoms with Gasteiger partial charge in [0.15, 0.2) is 5.78 Å². The number of carboxylic acid groups (broad SMARTS) is 1. The van der Waals surface area contributed by atoms with E-state index in [4.69, 9.17) is 5.11 Å². The Morgan fingerprint density at radius 2 is 1.70 bits per heavy atom. The number of aliphatic hydroxyl groups excluding tert-OH is 1. The lowest BCUT2D eigenvalue weighted by Crippen LogP contribution is -2.39. The van der Waals surface area contributed by atoms with Crippen molar-refractivity contribution in [3.05, 3.63) is 53.2 Å². The first-order valence-corrected chi connectivity index (χ1v) is 16.7. The van der Waals surface area contributed by atoms with Gasteiger partial charge >= 0.3 is 5.97 Å². The molecule has 4 unspecified atom stereocenters. The average Bonchev–Trinajstić information content (AvgIpc) is 3.59. The molecule has 1 fully saturated rings. The standard InChI is InChI=1S/C35H50N2O5S/c1-23(29(38)14-9-7-6-8-10-15-31(40)41)32(35(3,4)5)30(39)20-27-12-11-13-28(27)34(42)36-21-25-16-18-26(19-17-25)33-24(2)37-22-43-33/h16-19,22,27-28,30,32,39H,1,6-15,20-21H2,2-5H3,(H,36,42)(H,40,41). The fourth-order valence-electron chi connectivity index (χ4n) is 6.54. The third kappa shape index (κ3) is 10.4. The molecule has 4 atom stereocenters. The number of carbonyl (C=O) groups is 3. The number of unbranched alkanes of at least 4 members (excludes halogenated alkanes) is 4. The molecule has 0 bridgehead atoms. The fourth-order valence-corrected chi connectivity index (χ4v) is 7.35. The smallest absolute Gasteiger partial charge is 0.303 e. The van der Waals surface area contributed by atoms with E-state index in [-0.39, 0.29) is 41.3 Å². The molecule has 0 saturated heterocycles. The van der Waals surface area contributed by atoms with Crippen LogP contribution in [0, 0.1) is 30.1 Å². The molecule has 1 aromatic heterocycles. The fraction of sp³-hybridized carbons (Fsp3) is 0.600. The van der Waals surface area contributed by atoms with Crippen molar-refractivity contribution in [2.45, 2.75) is 111 Å². The molecule has 236 valence electrons. The average molecular weight is 611 g/mol. The predicted molar refractivity (Wildman–Crippen MR) is 173 cm³/mol. The summed E-state index contributed by atoms with van der Waals surface area (Å²) in [5, 5.41) is 23.4. The van der Waals surface area contributed by atoms with Gasteiger partial charge in [0.05, 0.1) is 22.2 Å². The number of aromatic nitrogens is 1. The first-order valence-electron chi connectivity index (χ1n) is 15.8. The van der Waals surface area contributed by atoms with Crippen LogP contribution < -0.4 is 5.32 Å². The van der Waals surface area contributed by atoms with Crippen LogP contribution in [-0.2, 0) is 20.9 Å². The lowest BCUT2D eigenvalue weighted by Gasteiger charge is -2.37. The summed E-state index contributed by atoms with van der Waals surface area (Å²) in [6.07, 6.45) is 6.95. The molecule has 2 aromatic rings. The van der Waals surface area contributed by atoms with E-state index in [9.17, 15) is 19.5 Å². The molecule has 0 spiro atoms. The first-order chi connectivity index (χ1) is 20.4. The van der Waals surface area contributed by atoms with Gasteiger partial charge in [-0.3, -0.25) is 14.4 Å². The number of rotatable bonds is 17. The topological polar surface area (TPSA) is 117 Å². The highest BCUT2D eigenvalue weighted by atomic mass is 32.1. The van der Waals surface area contributed by atoms with Crippen molar-refractivity contribution in [3.63, 3.8) is 0 Å². The van der Waals surface area contributed by atoms with Gasteiger partial charge in [-0.05, 0) is 67.1 Å². The van der Waals surface area contributed by atoms with Crippen molar-refractivity contribution in [2.24, 2.45) is 23.2 Å². The van der Waals surface area contributed by atoms with E-state index in [1.165, 1.54) is 0 Å². The second-order valence-electron chi connectivity index (χ2n) is 13.2. The summed E-state index contributed by atoms with van der Waals surface area (Å²) in [6, 6.07) is 8.22. The van der Waals surface area contributed by atoms with Crippen LogP contribution in [0.2, 0.25) is 0 Å². The number of carbonyl (C=O) groups excluding carboxylic acids is 2. The van der Waals surface area contributed by atoms with Gasteiger partial charge in [0, 0.05) is 31.2 Å². The second-order valence-corrected chi connectivity index (χ2v) is 14.1. The molecule has 3 N–H and O–H groups in total. The van der Waals surface area contributed by atoms with Crippen LogP contribution in [0.5, 0.6) is 0 Å². The molecule has 1 aromatic carbocycles. The molecule has 1 heterocycles. The van der Waals surface area contributed by atoms with E-state index in [1.807, 2.05) is 45.3 Å². The zero-order valence-electron chi connectivity index (χ0n) is 26.4. The molecule has 3 rings (SSSR count). The monoisotopic (exact) mass is 610 g/mol. The number of aliphatic hydroxyl groups is 1. The maximum absolute atomic E-state index is 13.3. The molecule has 43 heavy (non-hydrogen) atoms. The number of amides is 1. The number of hydrogen-bond donors (Lipinski definition) is 3. The van der Waals surface area contributed by atoms with E-state index >= 15 is 0 Å². The number of Topliss-reactive ketones (excluding diaryl/α,β-unsaturated/α-hetero) is 1. The number of nitrogens with one attached hydrogen (secondary N) is 1. The van der Waals surface area contributed by atoms with Crippen molar-refractivity contribution in [2.75, 3.05) is 0 Å². The number of aliphatic carboxylic acids is 1. The summed E-state index contributed by atoms with van der Waals surface area (Å²) in [6.45, 7) is 12.7. The summed E-state index contributed by atoms with van der Waals surface area (Å²) in [7, 11) is 0. The summed E-state index contributed by atoms with van der Waals surface area (Å²) in [4.78, 5) is 42.5. The number of benzene rings is 1. The van der Waals surface area contributed by atoms with Crippen LogP contribution in [0.25, 0.3) is 10.4 Å². The first kappa shape index (κ1) is 34.6. The zero-order chi connectivity index (χ0) is 31.6. The minimum atomic E-state index is -0.771. The maximum Gasteiger partial charge on any atom is 0.303 e. The predicted octanol–water partition coefficient (Wildman–Crippen LogP) is 7.50. The lowest BCUT2D eigenvalue weighted by atomic mass is 9.69. The highest BCUT2D eigenvalue weighted by Gasteiger charge is 2.40. The Balaban J connectivity index is 1.51. The third-order valence-electron chi connectivity index (χ3n) is 8.81. The van der Waals surface area contributed by atoms with Crippen LogP contribution >= 0.6 is 11.3 Å². The van der Waals surface area contributed by atoms with Crippen molar-refractivity contribution >= 4 is 29.0 Å². The Kier molecular flexibility index (Phi) is 13.1. The summed E-state index contributed by atoms with van der Waals surface area (Å²) in [5.74, 6) is -1.23. The lowest BCUT2D eigenvalue weighted by molar-refractivity contribution is -0.137. The van der Waals surface area contributed by atoms with Crippen molar-refractivity contribution in [1.82, 2.24) is 10.3 Å². The van der Waals surface area contributed by atoms with Crippen molar-refractivity contribution in [1.29, 1.82) is 0 Å². The minimum absolute atomic E-state index is 0.0123. The Morgan fingerprint density at radius 1 is 1.05 bits per heavy atom. The van der Waals surface area contributed by atoms with Crippen LogP contribution in [-0.4, -0.2) is 39.0 Å². The number of ketones is 1. The second kappa shape index (κ2) is 16.3. The number of carboxylic acids is 1. The Labute approximate surface area is 261 Å². The Morgan fingerprint density at radius 3 is 2.30 bits per heavy atom. The Bertz CT molecular complexity index is 1230. The molecule has 0 radical (unpaired) electrons. The number of aryl methyl sites for hydroxylation is 1. The van der Waals surface area contributed by atoms with Crippen LogP contribution in [0.4, 0.5) is 0 Å². The summed E-state index contributed by atoms with van der Waals surface area (Å²) >= 11 is 1.62. The molecule has 1 amide bonds. The van der Waals surface area contributed by atoms with Gasteiger partial charge in [0.1, 0.15) is 0 Å². The van der Waals surface area contributed by atoms with Crippen LogP contribution in [0.3, 0.4) is 0 Å². The van der Waals surface area contributed by atoms with E-state index in [0.717, 1.165) is 66.6 Å². The van der Waals surface area contributed by atoms with Crippen LogP contribution in [0.15, 0.2) is 41.9 Å². The zero-order valence-corrected chi connectivity index (χ0v) is 27.2. The number of thiazole rings is 1. The maximum atomic E-state index is 13.3. The van der Waals surface area contributed by atoms with Crippen LogP contribution in [0.1, 0.15) is 103 Å². The normalized spacial score (nSPS) is 18.3. The molecule has 1 saturated carbocycles. The molecule has 8 heteroatoms. The minimum Gasteiger partial charge on any atom is -0.481 e. The molecule has 7 nitrogen and oxygen atoms in total. The van der Waals surface area contributed by atoms with E-state index in [1.54, 1.807) is 11.3 Å². The molecule has 0 aliphatic heterocycles. The molecule has 1 aliphatic rings. The highest BCUT2D eigenvalue weighted by Crippen LogP contribution is 2.41. The largest absolute Gasteiger partial charge is 0.481 e. The van der Waals surface area contributed by atoms with Gasteiger partial charge in [-0.25, -0.2) is 4.98 Å². The van der Waals surface area contributed by atoms with Gasteiger partial charge in [0.25, 0.3) is 0 Å². The third-order valence-corrected chi connectivity index (χ3v) is 9.79. The molecule has 1 aliphatic carbocycles. The van der Waals surface area contributed by atoms with Crippen molar-refractivity contribution < 1.29 is 24.6 Å². The van der Waals surface area contributed by atoms with Crippen molar-refractivity contribution in [3.8, 4) is 10.4 Å². The van der Waals surface area contributed by atoms with E-state index in [2.05, 4.69) is 29.0 Å². The molecular formula is C35H50N2O5S. The highest BCUT2D eigenvalue weighted by molar-refractivity contribution is 7.13. The SMILES string of the molecule is C=C(C(=O)CCCCCCCC(=O)O)C(C(O)CC1CCCC1C(=O)NCc1ccc(-c2scnc2C)cc1)C(C)(C)C. The number of hydrogen-bond acceptors (Lipinski definition) is 6. The summed E-state index contributed by atoms with van der Waals surface area (Å²) < 4.78 is 0. The van der Waals surface area contributed by atoms with E-state index < -0.39 is 12.1 Å². The van der Waals surface area contributed by atoms with Gasteiger partial charge < -0.3 is 15.5 Å². The Hall–Kier alpha value is -2.84. The molecular weight excluding hydrogens is 560 g/mol. The van der Waals surface area contributed by atoms with E-state index in [0.29, 0.717) is 31.4 Å². The number of nitrogens with zero attached hydrogens (tertiary/aromatic N) is 1. The summed E-state index contributed by atoms with van der Waals surface area (Å²) in [5.41, 5.74) is 5.15. The van der Waals surface area contributed by atoms with Gasteiger partial charge in [-0.2, -0.15) is 0 Å². The quantitative estimate of drug-likeness (QED) is 0.126. The van der Waals surface area contributed by atoms with Gasteiger partial charge in [-0.15, -0.1) is 11.3 Å². The van der Waals surface area contributed by atoms with Gasteiger partial charge in [-0.1, -0.05) is 77.3 Å².